The number of benzene rings is 2. The number of nitrogens with one attached hydrogen (secondary N) is 1. The van der Waals surface area contributed by atoms with E-state index >= 15 is 0 Å². The maximum Gasteiger partial charge on any atom is 0.266 e. The van der Waals surface area contributed by atoms with Crippen LogP contribution in [0.5, 0.6) is 5.75 Å². The number of rotatable bonds is 6. The molecule has 1 heterocycles. The lowest BCUT2D eigenvalue weighted by Crippen LogP contribution is -2.31. The van der Waals surface area contributed by atoms with E-state index in [0.717, 1.165) is 5.56 Å². The zero-order valence-electron chi connectivity index (χ0n) is 14.4. The summed E-state index contributed by atoms with van der Waals surface area (Å²) in [7, 11) is 1.57. The van der Waals surface area contributed by atoms with Crippen molar-refractivity contribution < 1.29 is 9.53 Å². The molecule has 0 aliphatic heterocycles. The first-order chi connectivity index (χ1) is 12.7. The zero-order chi connectivity index (χ0) is 18.4. The first-order valence-corrected chi connectivity index (χ1v) is 8.23. The summed E-state index contributed by atoms with van der Waals surface area (Å²) in [4.78, 5) is 24.1. The molecule has 6 heteroatoms. The first-order valence-electron chi connectivity index (χ1n) is 8.23. The maximum atomic E-state index is 12.1. The molecule has 0 aliphatic rings. The van der Waals surface area contributed by atoms with E-state index in [0.29, 0.717) is 30.1 Å². The molecule has 1 N–H and O–H groups in total. The molecular formula is C20H19N3O3. The molecule has 3 rings (SSSR count). The van der Waals surface area contributed by atoms with Crippen molar-refractivity contribution in [2.45, 2.75) is 6.54 Å². The van der Waals surface area contributed by atoms with Crippen molar-refractivity contribution in [3.8, 4) is 17.0 Å². The molecule has 3 aromatic rings. The number of hydrogen-bond donors (Lipinski definition) is 1. The molecule has 132 valence electrons. The number of aromatic nitrogens is 2. The van der Waals surface area contributed by atoms with Gasteiger partial charge in [0.2, 0.25) is 0 Å². The number of carbonyl (C=O) groups is 1. The van der Waals surface area contributed by atoms with Gasteiger partial charge in [-0.05, 0) is 30.3 Å². The van der Waals surface area contributed by atoms with Gasteiger partial charge >= 0.3 is 0 Å². The molecule has 0 unspecified atom stereocenters. The second-order valence-electron chi connectivity index (χ2n) is 5.63. The van der Waals surface area contributed by atoms with Crippen LogP contribution in [-0.4, -0.2) is 29.3 Å². The van der Waals surface area contributed by atoms with Crippen LogP contribution in [0.25, 0.3) is 11.3 Å². The number of nitrogens with zero attached hydrogens (tertiary/aromatic N) is 2. The van der Waals surface area contributed by atoms with Crippen molar-refractivity contribution in [2.75, 3.05) is 13.7 Å². The summed E-state index contributed by atoms with van der Waals surface area (Å²) in [6.45, 7) is 0.595. The third kappa shape index (κ3) is 4.16. The Morgan fingerprint density at radius 2 is 1.77 bits per heavy atom. The highest BCUT2D eigenvalue weighted by molar-refractivity contribution is 5.94. The first kappa shape index (κ1) is 17.4. The minimum absolute atomic E-state index is 0.205. The van der Waals surface area contributed by atoms with Crippen LogP contribution in [-0.2, 0) is 6.54 Å². The fourth-order valence-corrected chi connectivity index (χ4v) is 2.49. The number of hydrogen-bond acceptors (Lipinski definition) is 4. The molecule has 0 saturated carbocycles. The predicted octanol–water partition coefficient (Wildman–Crippen LogP) is 2.35. The fourth-order valence-electron chi connectivity index (χ4n) is 2.49. The Morgan fingerprint density at radius 1 is 1.04 bits per heavy atom. The number of ether oxygens (including phenoxy) is 1. The lowest BCUT2D eigenvalue weighted by Gasteiger charge is -2.09. The molecule has 0 saturated heterocycles. The van der Waals surface area contributed by atoms with Crippen LogP contribution in [0.15, 0.2) is 71.5 Å². The van der Waals surface area contributed by atoms with Crippen molar-refractivity contribution in [1.29, 1.82) is 0 Å². The molecule has 0 radical (unpaired) electrons. The normalized spacial score (nSPS) is 10.3. The molecule has 0 spiro atoms. The second kappa shape index (κ2) is 8.11. The van der Waals surface area contributed by atoms with Crippen LogP contribution in [0.4, 0.5) is 0 Å². The number of amides is 1. The summed E-state index contributed by atoms with van der Waals surface area (Å²) >= 11 is 0. The summed E-state index contributed by atoms with van der Waals surface area (Å²) in [6.07, 6.45) is 0. The van der Waals surface area contributed by atoms with E-state index in [1.807, 2.05) is 30.3 Å². The van der Waals surface area contributed by atoms with Gasteiger partial charge in [0.15, 0.2) is 0 Å². The summed E-state index contributed by atoms with van der Waals surface area (Å²) in [6, 6.07) is 19.6. The van der Waals surface area contributed by atoms with Gasteiger partial charge in [-0.15, -0.1) is 0 Å². The highest BCUT2D eigenvalue weighted by Gasteiger charge is 2.07. The van der Waals surface area contributed by atoms with Crippen molar-refractivity contribution in [1.82, 2.24) is 15.1 Å². The van der Waals surface area contributed by atoms with E-state index in [1.165, 1.54) is 10.7 Å². The van der Waals surface area contributed by atoms with E-state index in [-0.39, 0.29) is 11.5 Å². The zero-order valence-corrected chi connectivity index (χ0v) is 14.4. The standard InChI is InChI=1S/C20H19N3O3/c1-26-17-9-7-16(8-10-17)20(25)21-13-14-23-19(24)12-11-18(22-23)15-5-3-2-4-6-15/h2-12H,13-14H2,1H3,(H,21,25). The minimum Gasteiger partial charge on any atom is -0.497 e. The van der Waals surface area contributed by atoms with Crippen LogP contribution in [0.2, 0.25) is 0 Å². The molecule has 2 aromatic carbocycles. The molecule has 0 bridgehead atoms. The Balaban J connectivity index is 1.64. The van der Waals surface area contributed by atoms with Crippen molar-refractivity contribution >= 4 is 5.91 Å². The molecule has 1 aromatic heterocycles. The fraction of sp³-hybridized carbons (Fsp3) is 0.150. The summed E-state index contributed by atoms with van der Waals surface area (Å²) in [5.74, 6) is 0.481. The highest BCUT2D eigenvalue weighted by atomic mass is 16.5. The summed E-state index contributed by atoms with van der Waals surface area (Å²) < 4.78 is 6.43. The molecular weight excluding hydrogens is 330 g/mol. The van der Waals surface area contributed by atoms with Crippen LogP contribution in [0.1, 0.15) is 10.4 Å². The quantitative estimate of drug-likeness (QED) is 0.741. The topological polar surface area (TPSA) is 73.2 Å². The molecule has 0 aliphatic carbocycles. The van der Waals surface area contributed by atoms with Gasteiger partial charge < -0.3 is 10.1 Å². The van der Waals surface area contributed by atoms with Gasteiger partial charge in [-0.3, -0.25) is 9.59 Å². The predicted molar refractivity (Wildman–Crippen MR) is 99.3 cm³/mol. The monoisotopic (exact) mass is 349 g/mol. The van der Waals surface area contributed by atoms with Gasteiger partial charge in [0.25, 0.3) is 11.5 Å². The van der Waals surface area contributed by atoms with E-state index < -0.39 is 0 Å². The Hall–Kier alpha value is -3.41. The van der Waals surface area contributed by atoms with E-state index in [2.05, 4.69) is 10.4 Å². The molecule has 0 fully saturated rings. The largest absolute Gasteiger partial charge is 0.497 e. The highest BCUT2D eigenvalue weighted by Crippen LogP contribution is 2.14. The van der Waals surface area contributed by atoms with Gasteiger partial charge in [0.05, 0.1) is 19.3 Å². The van der Waals surface area contributed by atoms with E-state index in [9.17, 15) is 9.59 Å². The van der Waals surface area contributed by atoms with E-state index in [4.69, 9.17) is 4.74 Å². The maximum absolute atomic E-state index is 12.1. The Bertz CT molecular complexity index is 935. The SMILES string of the molecule is COc1ccc(C(=O)NCCn2nc(-c3ccccc3)ccc2=O)cc1. The summed E-state index contributed by atoms with van der Waals surface area (Å²) in [5.41, 5.74) is 1.97. The Morgan fingerprint density at radius 3 is 2.46 bits per heavy atom. The third-order valence-electron chi connectivity index (χ3n) is 3.90. The molecule has 6 nitrogen and oxygen atoms in total. The van der Waals surface area contributed by atoms with E-state index in [1.54, 1.807) is 37.4 Å². The van der Waals surface area contributed by atoms with Crippen molar-refractivity contribution in [2.24, 2.45) is 0 Å². The van der Waals surface area contributed by atoms with Gasteiger partial charge in [0, 0.05) is 23.7 Å². The number of carbonyl (C=O) groups excluding carboxylic acids is 1. The van der Waals surface area contributed by atoms with Crippen LogP contribution < -0.4 is 15.6 Å². The minimum atomic E-state index is -0.208. The summed E-state index contributed by atoms with van der Waals surface area (Å²) in [5, 5.41) is 7.16. The van der Waals surface area contributed by atoms with Gasteiger partial charge in [-0.1, -0.05) is 30.3 Å². The third-order valence-corrected chi connectivity index (χ3v) is 3.90. The van der Waals surface area contributed by atoms with Gasteiger partial charge in [-0.25, -0.2) is 4.68 Å². The average molecular weight is 349 g/mol. The van der Waals surface area contributed by atoms with Crippen LogP contribution in [0.3, 0.4) is 0 Å². The average Bonchev–Trinajstić information content (AvgIpc) is 2.70. The van der Waals surface area contributed by atoms with Crippen molar-refractivity contribution in [3.05, 3.63) is 82.6 Å². The molecule has 1 amide bonds. The lowest BCUT2D eigenvalue weighted by atomic mass is 10.1. The Labute approximate surface area is 151 Å². The molecule has 0 atom stereocenters. The number of methoxy groups -OCH3 is 1. The molecule has 26 heavy (non-hydrogen) atoms. The second-order valence-corrected chi connectivity index (χ2v) is 5.63. The van der Waals surface area contributed by atoms with Gasteiger partial charge in [-0.2, -0.15) is 5.10 Å². The van der Waals surface area contributed by atoms with Gasteiger partial charge in [0.1, 0.15) is 5.75 Å². The van der Waals surface area contributed by atoms with Crippen molar-refractivity contribution in [3.63, 3.8) is 0 Å². The smallest absolute Gasteiger partial charge is 0.266 e. The Kier molecular flexibility index (Phi) is 5.43. The lowest BCUT2D eigenvalue weighted by molar-refractivity contribution is 0.0951. The van der Waals surface area contributed by atoms with Crippen LogP contribution >= 0.6 is 0 Å². The van der Waals surface area contributed by atoms with Crippen LogP contribution in [0, 0.1) is 0 Å².